The molecule has 0 atom stereocenters. The molecule has 0 saturated carbocycles. The number of aryl methyl sites for hydroxylation is 1. The molecule has 0 unspecified atom stereocenters. The zero-order valence-electron chi connectivity index (χ0n) is 16.2. The molecular weight excluding hydrogens is 392 g/mol. The SMILES string of the molecule is CCc1nc2ccccc2c(C(=O)OCCOc2ccc(S(N)(=O)=O)cc2)c1C. The number of hydrogen-bond acceptors (Lipinski definition) is 6. The second-order valence-corrected chi connectivity index (χ2v) is 7.99. The first-order chi connectivity index (χ1) is 13.8. The minimum atomic E-state index is -3.74. The van der Waals surface area contributed by atoms with Crippen LogP contribution in [0.2, 0.25) is 0 Å². The first-order valence-corrected chi connectivity index (χ1v) is 10.7. The summed E-state index contributed by atoms with van der Waals surface area (Å²) in [4.78, 5) is 17.3. The Morgan fingerprint density at radius 3 is 2.41 bits per heavy atom. The van der Waals surface area contributed by atoms with Crippen molar-refractivity contribution in [1.29, 1.82) is 0 Å². The van der Waals surface area contributed by atoms with Crippen molar-refractivity contribution in [1.82, 2.24) is 4.98 Å². The summed E-state index contributed by atoms with van der Waals surface area (Å²) in [5, 5.41) is 5.82. The predicted octanol–water partition coefficient (Wildman–Crippen LogP) is 2.99. The fourth-order valence-electron chi connectivity index (χ4n) is 3.06. The molecule has 3 aromatic rings. The van der Waals surface area contributed by atoms with Gasteiger partial charge in [0.15, 0.2) is 0 Å². The van der Waals surface area contributed by atoms with E-state index in [1.807, 2.05) is 38.1 Å². The molecule has 2 N–H and O–H groups in total. The highest BCUT2D eigenvalue weighted by molar-refractivity contribution is 7.89. The normalized spacial score (nSPS) is 11.4. The van der Waals surface area contributed by atoms with Gasteiger partial charge in [0.25, 0.3) is 0 Å². The summed E-state index contributed by atoms with van der Waals surface area (Å²) in [5.74, 6) is 0.0243. The number of carbonyl (C=O) groups is 1. The fraction of sp³-hybridized carbons (Fsp3) is 0.238. The number of rotatable bonds is 7. The number of pyridine rings is 1. The van der Waals surface area contributed by atoms with Crippen LogP contribution in [0.15, 0.2) is 53.4 Å². The van der Waals surface area contributed by atoms with E-state index < -0.39 is 16.0 Å². The van der Waals surface area contributed by atoms with Crippen molar-refractivity contribution < 1.29 is 22.7 Å². The number of nitrogens with two attached hydrogens (primary N) is 1. The zero-order valence-corrected chi connectivity index (χ0v) is 17.0. The molecule has 0 spiro atoms. The smallest absolute Gasteiger partial charge is 0.339 e. The van der Waals surface area contributed by atoms with Gasteiger partial charge in [-0.15, -0.1) is 0 Å². The van der Waals surface area contributed by atoms with Gasteiger partial charge in [-0.2, -0.15) is 0 Å². The molecule has 3 rings (SSSR count). The van der Waals surface area contributed by atoms with Crippen LogP contribution >= 0.6 is 0 Å². The molecular formula is C21H22N2O5S. The van der Waals surface area contributed by atoms with E-state index in [2.05, 4.69) is 4.98 Å². The number of benzene rings is 2. The van der Waals surface area contributed by atoms with E-state index in [1.165, 1.54) is 24.3 Å². The van der Waals surface area contributed by atoms with E-state index in [0.29, 0.717) is 17.7 Å². The van der Waals surface area contributed by atoms with Crippen molar-refractivity contribution in [3.05, 3.63) is 65.4 Å². The molecule has 0 radical (unpaired) electrons. The second kappa shape index (κ2) is 8.59. The average Bonchev–Trinajstić information content (AvgIpc) is 2.70. The molecule has 0 aliphatic carbocycles. The van der Waals surface area contributed by atoms with Crippen LogP contribution in [0.5, 0.6) is 5.75 Å². The summed E-state index contributed by atoms with van der Waals surface area (Å²) in [6.45, 7) is 4.04. The molecule has 7 nitrogen and oxygen atoms in total. The third-order valence-corrected chi connectivity index (χ3v) is 5.44. The maximum absolute atomic E-state index is 12.7. The highest BCUT2D eigenvalue weighted by atomic mass is 32.2. The number of ether oxygens (including phenoxy) is 2. The van der Waals surface area contributed by atoms with Crippen LogP contribution in [-0.4, -0.2) is 32.6 Å². The maximum Gasteiger partial charge on any atom is 0.339 e. The summed E-state index contributed by atoms with van der Waals surface area (Å²) in [6.07, 6.45) is 0.717. The first-order valence-electron chi connectivity index (χ1n) is 9.12. The van der Waals surface area contributed by atoms with Gasteiger partial charge in [0.2, 0.25) is 10.0 Å². The summed E-state index contributed by atoms with van der Waals surface area (Å²) in [7, 11) is -3.74. The molecule has 0 aliphatic heterocycles. The van der Waals surface area contributed by atoms with Gasteiger partial charge < -0.3 is 9.47 Å². The van der Waals surface area contributed by atoms with E-state index in [4.69, 9.17) is 14.6 Å². The molecule has 1 aromatic heterocycles. The van der Waals surface area contributed by atoms with Crippen molar-refractivity contribution >= 4 is 26.9 Å². The highest BCUT2D eigenvalue weighted by Gasteiger charge is 2.18. The maximum atomic E-state index is 12.7. The van der Waals surface area contributed by atoms with Crippen LogP contribution in [-0.2, 0) is 21.2 Å². The molecule has 1 heterocycles. The van der Waals surface area contributed by atoms with E-state index in [0.717, 1.165) is 22.2 Å². The van der Waals surface area contributed by atoms with Crippen molar-refractivity contribution in [2.24, 2.45) is 5.14 Å². The van der Waals surface area contributed by atoms with Gasteiger partial charge in [-0.25, -0.2) is 18.4 Å². The number of nitrogens with zero attached hydrogens (tertiary/aromatic N) is 1. The summed E-state index contributed by atoms with van der Waals surface area (Å²) in [5.41, 5.74) is 2.95. The number of para-hydroxylation sites is 1. The largest absolute Gasteiger partial charge is 0.490 e. The first kappa shape index (κ1) is 20.8. The Balaban J connectivity index is 1.66. The van der Waals surface area contributed by atoms with Crippen LogP contribution in [0.25, 0.3) is 10.9 Å². The predicted molar refractivity (Wildman–Crippen MR) is 109 cm³/mol. The highest BCUT2D eigenvalue weighted by Crippen LogP contribution is 2.24. The summed E-state index contributed by atoms with van der Waals surface area (Å²) < 4.78 is 33.4. The Bertz CT molecular complexity index is 1140. The van der Waals surface area contributed by atoms with Crippen molar-refractivity contribution in [3.8, 4) is 5.75 Å². The number of carbonyl (C=O) groups excluding carboxylic acids is 1. The Labute approximate surface area is 169 Å². The minimum Gasteiger partial charge on any atom is -0.490 e. The standard InChI is InChI=1S/C21H22N2O5S/c1-3-18-14(2)20(17-6-4-5-7-19(17)23-18)21(24)28-13-12-27-15-8-10-16(11-9-15)29(22,25)26/h4-11H,3,12-13H2,1-2H3,(H2,22,25,26). The Hall–Kier alpha value is -2.97. The molecule has 0 amide bonds. The number of esters is 1. The third-order valence-electron chi connectivity index (χ3n) is 4.51. The molecule has 2 aromatic carbocycles. The van der Waals surface area contributed by atoms with Crippen molar-refractivity contribution in [3.63, 3.8) is 0 Å². The topological polar surface area (TPSA) is 109 Å². The summed E-state index contributed by atoms with van der Waals surface area (Å²) >= 11 is 0. The van der Waals surface area contributed by atoms with Gasteiger partial charge in [0, 0.05) is 11.1 Å². The van der Waals surface area contributed by atoms with Gasteiger partial charge in [-0.3, -0.25) is 4.98 Å². The van der Waals surface area contributed by atoms with Crippen LogP contribution < -0.4 is 9.88 Å². The molecule has 0 saturated heterocycles. The Morgan fingerprint density at radius 1 is 1.07 bits per heavy atom. The monoisotopic (exact) mass is 414 g/mol. The van der Waals surface area contributed by atoms with Crippen LogP contribution in [0, 0.1) is 6.92 Å². The molecule has 29 heavy (non-hydrogen) atoms. The molecule has 8 heteroatoms. The number of hydrogen-bond donors (Lipinski definition) is 1. The Morgan fingerprint density at radius 2 is 1.76 bits per heavy atom. The zero-order chi connectivity index (χ0) is 21.0. The van der Waals surface area contributed by atoms with Crippen LogP contribution in [0.1, 0.15) is 28.5 Å². The molecule has 0 aliphatic rings. The van der Waals surface area contributed by atoms with Crippen LogP contribution in [0.3, 0.4) is 0 Å². The fourth-order valence-corrected chi connectivity index (χ4v) is 3.57. The van der Waals surface area contributed by atoms with Crippen molar-refractivity contribution in [2.45, 2.75) is 25.2 Å². The lowest BCUT2D eigenvalue weighted by Gasteiger charge is -2.13. The quantitative estimate of drug-likeness (QED) is 0.470. The van der Waals surface area contributed by atoms with Gasteiger partial charge in [0.1, 0.15) is 19.0 Å². The number of sulfonamides is 1. The summed E-state index contributed by atoms with van der Waals surface area (Å²) in [6, 6.07) is 13.2. The lowest BCUT2D eigenvalue weighted by atomic mass is 10.0. The van der Waals surface area contributed by atoms with Crippen molar-refractivity contribution in [2.75, 3.05) is 13.2 Å². The number of primary sulfonamides is 1. The van der Waals surface area contributed by atoms with E-state index in [9.17, 15) is 13.2 Å². The number of aromatic nitrogens is 1. The van der Waals surface area contributed by atoms with Crippen LogP contribution in [0.4, 0.5) is 0 Å². The Kier molecular flexibility index (Phi) is 6.14. The average molecular weight is 414 g/mol. The van der Waals surface area contributed by atoms with Gasteiger partial charge in [-0.05, 0) is 49.2 Å². The second-order valence-electron chi connectivity index (χ2n) is 6.43. The lowest BCUT2D eigenvalue weighted by molar-refractivity contribution is 0.0451. The lowest BCUT2D eigenvalue weighted by Crippen LogP contribution is -2.15. The molecule has 0 fully saturated rings. The third kappa shape index (κ3) is 4.72. The van der Waals surface area contributed by atoms with E-state index in [1.54, 1.807) is 0 Å². The molecule has 0 bridgehead atoms. The van der Waals surface area contributed by atoms with Gasteiger partial charge in [-0.1, -0.05) is 25.1 Å². The molecule has 152 valence electrons. The van der Waals surface area contributed by atoms with Gasteiger partial charge in [0.05, 0.1) is 16.0 Å². The van der Waals surface area contributed by atoms with E-state index >= 15 is 0 Å². The van der Waals surface area contributed by atoms with Gasteiger partial charge >= 0.3 is 5.97 Å². The minimum absolute atomic E-state index is 0.00282. The van der Waals surface area contributed by atoms with E-state index in [-0.39, 0.29) is 18.1 Å². The number of fused-ring (bicyclic) bond motifs is 1.